The zero-order chi connectivity index (χ0) is 9.10. The van der Waals surface area contributed by atoms with Crippen molar-refractivity contribution in [2.75, 3.05) is 0 Å². The Morgan fingerprint density at radius 3 is 2.31 bits per heavy atom. The van der Waals surface area contributed by atoms with E-state index in [4.69, 9.17) is 4.74 Å². The van der Waals surface area contributed by atoms with Crippen LogP contribution in [0, 0.1) is 0 Å². The van der Waals surface area contributed by atoms with E-state index in [1.54, 1.807) is 0 Å². The van der Waals surface area contributed by atoms with Gasteiger partial charge < -0.3 is 10.1 Å². The van der Waals surface area contributed by atoms with Crippen LogP contribution in [0.15, 0.2) is 12.5 Å². The largest absolute Gasteiger partial charge is 0.476 e. The summed E-state index contributed by atoms with van der Waals surface area (Å²) in [6, 6.07) is 0.632. The van der Waals surface area contributed by atoms with Gasteiger partial charge in [0.25, 0.3) is 0 Å². The Hall–Kier alpha value is -0.660. The van der Waals surface area contributed by atoms with E-state index in [1.165, 1.54) is 44.9 Å². The van der Waals surface area contributed by atoms with Gasteiger partial charge in [0.2, 0.25) is 0 Å². The summed E-state index contributed by atoms with van der Waals surface area (Å²) >= 11 is 0. The fourth-order valence-corrected chi connectivity index (χ4v) is 2.02. The summed E-state index contributed by atoms with van der Waals surface area (Å²) in [7, 11) is 0. The Morgan fingerprint density at radius 1 is 1.08 bits per heavy atom. The lowest BCUT2D eigenvalue weighted by atomic mass is 9.96. The third kappa shape index (κ3) is 2.39. The van der Waals surface area contributed by atoms with Gasteiger partial charge in [0, 0.05) is 6.04 Å². The third-order valence-electron chi connectivity index (χ3n) is 3.08. The highest BCUT2D eigenvalue weighted by Crippen LogP contribution is 2.24. The van der Waals surface area contributed by atoms with Gasteiger partial charge in [-0.25, -0.2) is 0 Å². The van der Waals surface area contributed by atoms with E-state index in [0.717, 1.165) is 5.88 Å². The van der Waals surface area contributed by atoms with Crippen molar-refractivity contribution in [3.05, 3.63) is 12.5 Å². The minimum atomic E-state index is 0.460. The number of nitrogens with one attached hydrogen (secondary N) is 1. The van der Waals surface area contributed by atoms with E-state index >= 15 is 0 Å². The minimum Gasteiger partial charge on any atom is -0.476 e. The SMILES string of the molecule is C=C(NC1CCCC1)OC1CCC1. The second-order valence-corrected chi connectivity index (χ2v) is 4.22. The number of rotatable bonds is 4. The first-order valence-electron chi connectivity index (χ1n) is 5.47. The Kier molecular flexibility index (Phi) is 2.77. The van der Waals surface area contributed by atoms with Crippen LogP contribution in [-0.4, -0.2) is 12.1 Å². The summed E-state index contributed by atoms with van der Waals surface area (Å²) in [6.45, 7) is 3.91. The van der Waals surface area contributed by atoms with Crippen molar-refractivity contribution in [3.8, 4) is 0 Å². The fraction of sp³-hybridized carbons (Fsp3) is 0.818. The normalized spacial score (nSPS) is 24.0. The van der Waals surface area contributed by atoms with Crippen LogP contribution < -0.4 is 5.32 Å². The second-order valence-electron chi connectivity index (χ2n) is 4.22. The van der Waals surface area contributed by atoms with Gasteiger partial charge >= 0.3 is 0 Å². The molecule has 2 nitrogen and oxygen atoms in total. The lowest BCUT2D eigenvalue weighted by Gasteiger charge is -2.28. The molecule has 2 aliphatic carbocycles. The maximum atomic E-state index is 5.64. The maximum absolute atomic E-state index is 5.64. The average molecular weight is 181 g/mol. The van der Waals surface area contributed by atoms with E-state index in [9.17, 15) is 0 Å². The molecule has 0 aromatic heterocycles. The lowest BCUT2D eigenvalue weighted by molar-refractivity contribution is 0.0400. The Balaban J connectivity index is 1.64. The lowest BCUT2D eigenvalue weighted by Crippen LogP contribution is -2.30. The molecule has 0 amide bonds. The summed E-state index contributed by atoms with van der Waals surface area (Å²) in [5.41, 5.74) is 0. The van der Waals surface area contributed by atoms with Crippen molar-refractivity contribution in [2.24, 2.45) is 0 Å². The van der Waals surface area contributed by atoms with Crippen molar-refractivity contribution in [1.82, 2.24) is 5.32 Å². The highest BCUT2D eigenvalue weighted by atomic mass is 16.5. The molecular formula is C11H19NO. The molecule has 1 N–H and O–H groups in total. The van der Waals surface area contributed by atoms with E-state index in [1.807, 2.05) is 0 Å². The van der Waals surface area contributed by atoms with E-state index in [0.29, 0.717) is 12.1 Å². The molecule has 0 aromatic carbocycles. The Bertz CT molecular complexity index is 181. The molecule has 0 aromatic rings. The molecular weight excluding hydrogens is 162 g/mol. The zero-order valence-corrected chi connectivity index (χ0v) is 8.22. The first kappa shape index (κ1) is 8.92. The van der Waals surface area contributed by atoms with Crippen molar-refractivity contribution in [3.63, 3.8) is 0 Å². The van der Waals surface area contributed by atoms with Gasteiger partial charge in [-0.1, -0.05) is 12.8 Å². The molecule has 2 rings (SSSR count). The van der Waals surface area contributed by atoms with Gasteiger partial charge in [-0.3, -0.25) is 0 Å². The molecule has 2 aliphatic rings. The van der Waals surface area contributed by atoms with Gasteiger partial charge in [0.15, 0.2) is 5.88 Å². The number of hydrogen-bond acceptors (Lipinski definition) is 2. The van der Waals surface area contributed by atoms with Crippen molar-refractivity contribution >= 4 is 0 Å². The van der Waals surface area contributed by atoms with E-state index in [2.05, 4.69) is 11.9 Å². The topological polar surface area (TPSA) is 21.3 Å². The summed E-state index contributed by atoms with van der Waals surface area (Å²) in [5.74, 6) is 0.802. The summed E-state index contributed by atoms with van der Waals surface area (Å²) < 4.78 is 5.64. The van der Waals surface area contributed by atoms with E-state index in [-0.39, 0.29) is 0 Å². The molecule has 0 aliphatic heterocycles. The molecule has 0 bridgehead atoms. The van der Waals surface area contributed by atoms with Crippen LogP contribution in [0.5, 0.6) is 0 Å². The summed E-state index contributed by atoms with van der Waals surface area (Å²) in [5, 5.41) is 3.36. The average Bonchev–Trinajstić information content (AvgIpc) is 2.49. The molecule has 0 heterocycles. The zero-order valence-electron chi connectivity index (χ0n) is 8.22. The smallest absolute Gasteiger partial charge is 0.179 e. The Morgan fingerprint density at radius 2 is 1.77 bits per heavy atom. The molecule has 0 unspecified atom stereocenters. The molecule has 2 fully saturated rings. The van der Waals surface area contributed by atoms with Crippen molar-refractivity contribution < 1.29 is 4.74 Å². The van der Waals surface area contributed by atoms with Crippen LogP contribution in [-0.2, 0) is 4.74 Å². The molecule has 13 heavy (non-hydrogen) atoms. The first-order chi connectivity index (χ1) is 6.34. The Labute approximate surface area is 80.4 Å². The van der Waals surface area contributed by atoms with Gasteiger partial charge in [-0.15, -0.1) is 0 Å². The maximum Gasteiger partial charge on any atom is 0.179 e. The summed E-state index contributed by atoms with van der Waals surface area (Å²) in [4.78, 5) is 0. The molecule has 2 heteroatoms. The molecule has 0 atom stereocenters. The predicted octanol–water partition coefficient (Wildman–Crippen LogP) is 2.56. The summed E-state index contributed by atoms with van der Waals surface area (Å²) in [6.07, 6.45) is 9.49. The number of ether oxygens (including phenoxy) is 1. The molecule has 0 saturated heterocycles. The molecule has 74 valence electrons. The van der Waals surface area contributed by atoms with Gasteiger partial charge in [-0.2, -0.15) is 0 Å². The molecule has 0 radical (unpaired) electrons. The highest BCUT2D eigenvalue weighted by molar-refractivity contribution is 4.88. The first-order valence-corrected chi connectivity index (χ1v) is 5.47. The van der Waals surface area contributed by atoms with Crippen molar-refractivity contribution in [2.45, 2.75) is 57.1 Å². The van der Waals surface area contributed by atoms with Crippen LogP contribution >= 0.6 is 0 Å². The van der Waals surface area contributed by atoms with Gasteiger partial charge in [-0.05, 0) is 38.7 Å². The van der Waals surface area contributed by atoms with E-state index < -0.39 is 0 Å². The number of hydrogen-bond donors (Lipinski definition) is 1. The van der Waals surface area contributed by atoms with Crippen LogP contribution in [0.4, 0.5) is 0 Å². The fourth-order valence-electron chi connectivity index (χ4n) is 2.02. The van der Waals surface area contributed by atoms with Crippen molar-refractivity contribution in [1.29, 1.82) is 0 Å². The van der Waals surface area contributed by atoms with Crippen LogP contribution in [0.25, 0.3) is 0 Å². The monoisotopic (exact) mass is 181 g/mol. The predicted molar refractivity (Wildman–Crippen MR) is 53.3 cm³/mol. The quantitative estimate of drug-likeness (QED) is 0.673. The minimum absolute atomic E-state index is 0.460. The standard InChI is InChI=1S/C11H19NO/c1-9(13-11-7-4-8-11)12-10-5-2-3-6-10/h10-12H,1-8H2. The highest BCUT2D eigenvalue weighted by Gasteiger charge is 2.21. The van der Waals surface area contributed by atoms with Gasteiger partial charge in [0.05, 0.1) is 0 Å². The van der Waals surface area contributed by atoms with Gasteiger partial charge in [0.1, 0.15) is 6.10 Å². The van der Waals surface area contributed by atoms with Crippen LogP contribution in [0.2, 0.25) is 0 Å². The molecule has 2 saturated carbocycles. The second kappa shape index (κ2) is 4.03. The van der Waals surface area contributed by atoms with Crippen LogP contribution in [0.3, 0.4) is 0 Å². The third-order valence-corrected chi connectivity index (χ3v) is 3.08. The van der Waals surface area contributed by atoms with Crippen LogP contribution in [0.1, 0.15) is 44.9 Å². The molecule has 0 spiro atoms.